The van der Waals surface area contributed by atoms with Crippen LogP contribution in [0.5, 0.6) is 0 Å². The highest BCUT2D eigenvalue weighted by molar-refractivity contribution is 5.85. The van der Waals surface area contributed by atoms with Crippen LogP contribution in [0.2, 0.25) is 0 Å². The number of benzene rings is 1. The summed E-state index contributed by atoms with van der Waals surface area (Å²) in [6.45, 7) is 6.82. The van der Waals surface area contributed by atoms with E-state index in [1.807, 2.05) is 16.8 Å². The van der Waals surface area contributed by atoms with E-state index in [0.29, 0.717) is 0 Å². The number of piperazine rings is 1. The molecular weight excluding hydrogens is 386 g/mol. The molecule has 5 rings (SSSR count). The molecule has 0 spiro atoms. The second kappa shape index (κ2) is 8.99. The third-order valence-electron chi connectivity index (χ3n) is 6.55. The van der Waals surface area contributed by atoms with Crippen LogP contribution in [0.3, 0.4) is 0 Å². The van der Waals surface area contributed by atoms with E-state index in [-0.39, 0.29) is 0 Å². The van der Waals surface area contributed by atoms with E-state index >= 15 is 0 Å². The second-order valence-electron chi connectivity index (χ2n) is 8.61. The van der Waals surface area contributed by atoms with Crippen molar-refractivity contribution in [2.75, 3.05) is 32.7 Å². The van der Waals surface area contributed by atoms with Crippen LogP contribution in [-0.2, 0) is 13.0 Å². The first-order valence-corrected chi connectivity index (χ1v) is 11.2. The van der Waals surface area contributed by atoms with Crippen LogP contribution in [0.4, 0.5) is 0 Å². The molecule has 1 aromatic carbocycles. The van der Waals surface area contributed by atoms with E-state index in [1.54, 1.807) is 12.7 Å². The smallest absolute Gasteiger partial charge is 0.123 e. The molecule has 1 saturated heterocycles. The fourth-order valence-electron chi connectivity index (χ4n) is 4.80. The molecule has 0 aliphatic carbocycles. The summed E-state index contributed by atoms with van der Waals surface area (Å²) in [5.74, 6) is 0. The number of quaternary nitrogens is 1. The van der Waals surface area contributed by atoms with Crippen LogP contribution < -0.4 is 5.32 Å². The van der Waals surface area contributed by atoms with Gasteiger partial charge >= 0.3 is 0 Å². The molecule has 160 valence electrons. The number of H-pyrrole nitrogens is 1. The molecule has 7 nitrogen and oxygen atoms in total. The number of rotatable bonds is 8. The average molecular weight is 417 g/mol. The molecule has 7 heteroatoms. The average Bonchev–Trinajstić information content (AvgIpc) is 3.48. The maximum absolute atomic E-state index is 4.60. The Morgan fingerprint density at radius 1 is 1.00 bits per heavy atom. The van der Waals surface area contributed by atoms with Gasteiger partial charge in [-0.25, -0.2) is 0 Å². The zero-order valence-corrected chi connectivity index (χ0v) is 17.9. The third-order valence-corrected chi connectivity index (χ3v) is 6.55. The first kappa shape index (κ1) is 19.9. The van der Waals surface area contributed by atoms with Crippen molar-refractivity contribution >= 4 is 10.9 Å². The number of nitrogens with zero attached hydrogens (tertiary/aromatic N) is 5. The summed E-state index contributed by atoms with van der Waals surface area (Å²) in [6, 6.07) is 12.7. The van der Waals surface area contributed by atoms with Gasteiger partial charge in [0.1, 0.15) is 19.2 Å². The highest BCUT2D eigenvalue weighted by Crippen LogP contribution is 2.24. The molecule has 1 aliphatic heterocycles. The number of nitrogens with one attached hydrogen (secondary N) is 2. The minimum absolute atomic E-state index is 1.04. The SMILES string of the molecule is c1ccc(C[N+]2(CCCCc3c[nH]c4ccc(-n5cnnc5)cc34)CCNCC2)nc1. The number of hydrogen-bond donors (Lipinski definition) is 2. The summed E-state index contributed by atoms with van der Waals surface area (Å²) in [5, 5.41) is 12.7. The number of aromatic amines is 1. The maximum atomic E-state index is 4.60. The van der Waals surface area contributed by atoms with Gasteiger partial charge in [0.2, 0.25) is 0 Å². The Kier molecular flexibility index (Phi) is 5.78. The molecular formula is C24H30N7+. The molecule has 2 N–H and O–H groups in total. The largest absolute Gasteiger partial charge is 0.361 e. The fraction of sp³-hybridized carbons (Fsp3) is 0.375. The predicted molar refractivity (Wildman–Crippen MR) is 122 cm³/mol. The summed E-state index contributed by atoms with van der Waals surface area (Å²) in [7, 11) is 0. The normalized spacial score (nSPS) is 16.0. The van der Waals surface area contributed by atoms with Gasteiger partial charge in [-0.1, -0.05) is 6.07 Å². The first-order valence-electron chi connectivity index (χ1n) is 11.2. The van der Waals surface area contributed by atoms with Gasteiger partial charge in [0.25, 0.3) is 0 Å². The topological polar surface area (TPSA) is 71.4 Å². The van der Waals surface area contributed by atoms with Crippen LogP contribution in [0.15, 0.2) is 61.4 Å². The van der Waals surface area contributed by atoms with Gasteiger partial charge in [0.15, 0.2) is 0 Å². The van der Waals surface area contributed by atoms with Crippen molar-refractivity contribution in [2.24, 2.45) is 0 Å². The van der Waals surface area contributed by atoms with Gasteiger partial charge in [0.05, 0.1) is 25.3 Å². The Balaban J connectivity index is 1.24. The fourth-order valence-corrected chi connectivity index (χ4v) is 4.80. The summed E-state index contributed by atoms with van der Waals surface area (Å²) in [6.07, 6.45) is 11.1. The van der Waals surface area contributed by atoms with E-state index < -0.39 is 0 Å². The standard InChI is InChI=1S/C24H30N7/c1-3-9-26-21(6-1)17-31(13-10-25-11-14-31)12-4-2-5-20-16-27-24-8-7-22(15-23(20)24)30-18-28-29-19-30/h1,3,6-9,15-16,18-19,25,27H,2,4-5,10-14,17H2/q+1. The highest BCUT2D eigenvalue weighted by atomic mass is 15.4. The molecule has 0 unspecified atom stereocenters. The zero-order valence-electron chi connectivity index (χ0n) is 17.9. The van der Waals surface area contributed by atoms with Crippen LogP contribution in [0, 0.1) is 0 Å². The van der Waals surface area contributed by atoms with Crippen molar-refractivity contribution < 1.29 is 4.48 Å². The Morgan fingerprint density at radius 3 is 2.68 bits per heavy atom. The number of fused-ring (bicyclic) bond motifs is 1. The van der Waals surface area contributed by atoms with Crippen LogP contribution in [-0.4, -0.2) is 61.9 Å². The van der Waals surface area contributed by atoms with Crippen molar-refractivity contribution in [1.29, 1.82) is 0 Å². The lowest BCUT2D eigenvalue weighted by atomic mass is 10.1. The lowest BCUT2D eigenvalue weighted by molar-refractivity contribution is -0.942. The summed E-state index contributed by atoms with van der Waals surface area (Å²) in [5.41, 5.74) is 4.88. The van der Waals surface area contributed by atoms with Crippen molar-refractivity contribution in [3.8, 4) is 5.69 Å². The molecule has 0 saturated carbocycles. The number of hydrogen-bond acceptors (Lipinski definition) is 4. The summed E-state index contributed by atoms with van der Waals surface area (Å²) < 4.78 is 3.10. The number of aryl methyl sites for hydroxylation is 1. The minimum Gasteiger partial charge on any atom is -0.361 e. The van der Waals surface area contributed by atoms with Crippen LogP contribution >= 0.6 is 0 Å². The predicted octanol–water partition coefficient (Wildman–Crippen LogP) is 3.09. The lowest BCUT2D eigenvalue weighted by Crippen LogP contribution is -2.58. The van der Waals surface area contributed by atoms with Crippen molar-refractivity contribution in [2.45, 2.75) is 25.8 Å². The summed E-state index contributed by atoms with van der Waals surface area (Å²) >= 11 is 0. The minimum atomic E-state index is 1.04. The monoisotopic (exact) mass is 416 g/mol. The molecule has 0 atom stereocenters. The molecule has 1 fully saturated rings. The Bertz CT molecular complexity index is 1100. The lowest BCUT2D eigenvalue weighted by Gasteiger charge is -2.41. The zero-order chi connectivity index (χ0) is 20.9. The van der Waals surface area contributed by atoms with Gasteiger partial charge in [-0.3, -0.25) is 9.55 Å². The van der Waals surface area contributed by atoms with Gasteiger partial charge in [-0.15, -0.1) is 10.2 Å². The molecule has 31 heavy (non-hydrogen) atoms. The van der Waals surface area contributed by atoms with Gasteiger partial charge in [-0.2, -0.15) is 0 Å². The molecule has 0 radical (unpaired) electrons. The quantitative estimate of drug-likeness (QED) is 0.342. The molecule has 4 aromatic rings. The third kappa shape index (κ3) is 4.52. The van der Waals surface area contributed by atoms with Crippen molar-refractivity contribution in [1.82, 2.24) is 30.0 Å². The Labute approximate surface area is 182 Å². The summed E-state index contributed by atoms with van der Waals surface area (Å²) in [4.78, 5) is 8.03. The van der Waals surface area contributed by atoms with E-state index in [9.17, 15) is 0 Å². The van der Waals surface area contributed by atoms with Gasteiger partial charge in [0, 0.05) is 42.1 Å². The van der Waals surface area contributed by atoms with Crippen molar-refractivity contribution in [3.63, 3.8) is 0 Å². The number of pyridine rings is 1. The Morgan fingerprint density at radius 2 is 1.87 bits per heavy atom. The van der Waals surface area contributed by atoms with Gasteiger partial charge in [-0.05, 0) is 55.2 Å². The van der Waals surface area contributed by atoms with Crippen LogP contribution in [0.1, 0.15) is 24.1 Å². The Hall–Kier alpha value is -3.03. The van der Waals surface area contributed by atoms with Crippen LogP contribution in [0.25, 0.3) is 16.6 Å². The van der Waals surface area contributed by atoms with E-state index in [2.05, 4.69) is 62.0 Å². The van der Waals surface area contributed by atoms with E-state index in [1.165, 1.54) is 54.6 Å². The molecule has 0 bridgehead atoms. The van der Waals surface area contributed by atoms with Crippen molar-refractivity contribution in [3.05, 3.63) is 72.7 Å². The molecule has 3 aromatic heterocycles. The second-order valence-corrected chi connectivity index (χ2v) is 8.61. The highest BCUT2D eigenvalue weighted by Gasteiger charge is 2.30. The maximum Gasteiger partial charge on any atom is 0.123 e. The molecule has 1 aliphatic rings. The molecule has 4 heterocycles. The van der Waals surface area contributed by atoms with E-state index in [0.717, 1.165) is 36.2 Å². The number of unbranched alkanes of at least 4 members (excludes halogenated alkanes) is 1. The first-order chi connectivity index (χ1) is 15.3. The molecule has 0 amide bonds. The van der Waals surface area contributed by atoms with Gasteiger partial charge < -0.3 is 14.8 Å². The van der Waals surface area contributed by atoms with E-state index in [4.69, 9.17) is 0 Å². The number of aromatic nitrogens is 5.